The van der Waals surface area contributed by atoms with E-state index in [1.54, 1.807) is 5.41 Å². The fourth-order valence-corrected chi connectivity index (χ4v) is 4.68. The lowest BCUT2D eigenvalue weighted by molar-refractivity contribution is -0.150. The molecule has 0 aromatic carbocycles. The predicted molar refractivity (Wildman–Crippen MR) is 96.3 cm³/mol. The van der Waals surface area contributed by atoms with E-state index in [1.807, 2.05) is 6.92 Å². The first-order chi connectivity index (χ1) is 12.4. The van der Waals surface area contributed by atoms with Crippen molar-refractivity contribution >= 4 is 47.0 Å². The third-order valence-corrected chi connectivity index (χ3v) is 5.95. The maximum atomic E-state index is 12.6. The Morgan fingerprint density at radius 2 is 2.27 bits per heavy atom. The molecule has 1 fully saturated rings. The molecule has 1 saturated heterocycles. The van der Waals surface area contributed by atoms with Crippen LogP contribution < -0.4 is 5.32 Å². The summed E-state index contributed by atoms with van der Waals surface area (Å²) in [6.45, 7) is 2.27. The van der Waals surface area contributed by atoms with Gasteiger partial charge in [0.05, 0.1) is 6.61 Å². The molecule has 0 spiro atoms. The van der Waals surface area contributed by atoms with Gasteiger partial charge >= 0.3 is 5.97 Å². The number of amides is 2. The zero-order valence-electron chi connectivity index (χ0n) is 14.0. The molecule has 0 saturated carbocycles. The number of carboxylic acid groups (broad SMARTS) is 1. The number of hydrogen-bond acceptors (Lipinski definition) is 8. The molecule has 3 aliphatic heterocycles. The van der Waals surface area contributed by atoms with Crippen LogP contribution >= 0.6 is 23.5 Å². The predicted octanol–water partition coefficient (Wildman–Crippen LogP) is 0.351. The number of oxime groups is 1. The van der Waals surface area contributed by atoms with E-state index in [0.29, 0.717) is 6.61 Å². The lowest BCUT2D eigenvalue weighted by Gasteiger charge is -2.49. The fourth-order valence-electron chi connectivity index (χ4n) is 2.72. The molecule has 2 unspecified atom stereocenters. The zero-order chi connectivity index (χ0) is 18.8. The van der Waals surface area contributed by atoms with Crippen LogP contribution in [0.5, 0.6) is 0 Å². The number of rotatable bonds is 5. The Labute approximate surface area is 157 Å². The van der Waals surface area contributed by atoms with E-state index in [2.05, 4.69) is 10.5 Å². The summed E-state index contributed by atoms with van der Waals surface area (Å²) in [5, 5.41) is 16.7. The van der Waals surface area contributed by atoms with Gasteiger partial charge in [-0.1, -0.05) is 5.16 Å². The second-order valence-electron chi connectivity index (χ2n) is 5.57. The third kappa shape index (κ3) is 3.40. The summed E-state index contributed by atoms with van der Waals surface area (Å²) in [5.41, 5.74) is -0.119. The van der Waals surface area contributed by atoms with E-state index in [9.17, 15) is 19.5 Å². The van der Waals surface area contributed by atoms with Gasteiger partial charge in [0.25, 0.3) is 11.8 Å². The molecule has 3 rings (SSSR count). The average molecular weight is 399 g/mol. The molecule has 3 aliphatic rings. The summed E-state index contributed by atoms with van der Waals surface area (Å²) >= 11 is 2.88. The molecule has 9 nitrogen and oxygen atoms in total. The van der Waals surface area contributed by atoms with Gasteiger partial charge in [0.2, 0.25) is 5.71 Å². The van der Waals surface area contributed by atoms with Crippen LogP contribution in [-0.2, 0) is 24.0 Å². The highest BCUT2D eigenvalue weighted by atomic mass is 32.2. The standard InChI is InChI=1S/C15H17N3O6S2/c1-7-5-8(15(21)22)18-13(20)11(14(18)26-7)16-12(19)10(17-23-2)9-6-25-4-3-24-9/h5-7,11,14H,3-4H2,1-2H3,(H,16,19)(H,21,22)/t7?,11?,14-/m1/s1. The molecule has 2 N–H and O–H groups in total. The van der Waals surface area contributed by atoms with Crippen molar-refractivity contribution in [1.29, 1.82) is 0 Å². The van der Waals surface area contributed by atoms with E-state index in [1.165, 1.54) is 41.6 Å². The molecule has 3 heterocycles. The minimum atomic E-state index is -1.17. The van der Waals surface area contributed by atoms with E-state index < -0.39 is 29.2 Å². The maximum Gasteiger partial charge on any atom is 0.352 e. The summed E-state index contributed by atoms with van der Waals surface area (Å²) in [7, 11) is 1.31. The molecular formula is C15H17N3O6S2. The van der Waals surface area contributed by atoms with Gasteiger partial charge in [0, 0.05) is 16.4 Å². The molecule has 0 aromatic heterocycles. The highest BCUT2D eigenvalue weighted by molar-refractivity contribution is 8.02. The van der Waals surface area contributed by atoms with E-state index in [4.69, 9.17) is 9.57 Å². The molecule has 0 bridgehead atoms. The van der Waals surface area contributed by atoms with Crippen LogP contribution in [0, 0.1) is 0 Å². The third-order valence-electron chi connectivity index (χ3n) is 3.84. The second kappa shape index (κ2) is 7.62. The Bertz CT molecular complexity index is 735. The second-order valence-corrected chi connectivity index (χ2v) is 8.05. The number of ether oxygens (including phenoxy) is 1. The number of nitrogens with one attached hydrogen (secondary N) is 1. The number of nitrogens with zero attached hydrogens (tertiary/aromatic N) is 2. The topological polar surface area (TPSA) is 118 Å². The van der Waals surface area contributed by atoms with Crippen molar-refractivity contribution in [3.8, 4) is 0 Å². The number of hydrogen-bond donors (Lipinski definition) is 2. The van der Waals surface area contributed by atoms with Gasteiger partial charge in [-0.05, 0) is 13.0 Å². The van der Waals surface area contributed by atoms with Crippen LogP contribution in [0.2, 0.25) is 0 Å². The molecule has 0 radical (unpaired) electrons. The summed E-state index contributed by atoms with van der Waals surface area (Å²) in [5.74, 6) is -1.21. The zero-order valence-corrected chi connectivity index (χ0v) is 15.6. The first-order valence-corrected chi connectivity index (χ1v) is 9.73. The van der Waals surface area contributed by atoms with Gasteiger partial charge in [-0.3, -0.25) is 14.5 Å². The van der Waals surface area contributed by atoms with Crippen LogP contribution in [0.15, 0.2) is 28.1 Å². The minimum absolute atomic E-state index is 0.0581. The Morgan fingerprint density at radius 1 is 1.50 bits per heavy atom. The number of aliphatic carboxylic acids is 1. The average Bonchev–Trinajstić information content (AvgIpc) is 2.63. The number of β-lactam (4-membered cyclic amide) rings is 1. The van der Waals surface area contributed by atoms with Crippen LogP contribution in [0.4, 0.5) is 0 Å². The summed E-state index contributed by atoms with van der Waals surface area (Å²) in [6, 6.07) is -0.836. The molecule has 3 atom stereocenters. The first-order valence-electron chi connectivity index (χ1n) is 7.74. The molecule has 0 aliphatic carbocycles. The molecule has 26 heavy (non-hydrogen) atoms. The van der Waals surface area contributed by atoms with Crippen LogP contribution in [0.1, 0.15) is 6.92 Å². The highest BCUT2D eigenvalue weighted by Gasteiger charge is 2.54. The van der Waals surface area contributed by atoms with Crippen molar-refractivity contribution in [3.05, 3.63) is 22.9 Å². The van der Waals surface area contributed by atoms with Gasteiger partial charge in [0.15, 0.2) is 5.76 Å². The number of fused-ring (bicyclic) bond motifs is 1. The van der Waals surface area contributed by atoms with Crippen molar-refractivity contribution in [2.24, 2.45) is 5.16 Å². The molecule has 2 amide bonds. The monoisotopic (exact) mass is 399 g/mol. The molecule has 0 aromatic rings. The van der Waals surface area contributed by atoms with E-state index >= 15 is 0 Å². The number of carbonyl (C=O) groups excluding carboxylic acids is 2. The van der Waals surface area contributed by atoms with E-state index in [-0.39, 0.29) is 22.4 Å². The van der Waals surface area contributed by atoms with Crippen LogP contribution in [0.25, 0.3) is 0 Å². The van der Waals surface area contributed by atoms with Crippen molar-refractivity contribution in [3.63, 3.8) is 0 Å². The van der Waals surface area contributed by atoms with Gasteiger partial charge in [-0.25, -0.2) is 4.79 Å². The largest absolute Gasteiger partial charge is 0.490 e. The Kier molecular flexibility index (Phi) is 5.47. The summed E-state index contributed by atoms with van der Waals surface area (Å²) in [4.78, 5) is 42.2. The molecule has 11 heteroatoms. The van der Waals surface area contributed by atoms with Crippen molar-refractivity contribution in [1.82, 2.24) is 10.2 Å². The number of carboxylic acids is 1. The summed E-state index contributed by atoms with van der Waals surface area (Å²) < 4.78 is 5.43. The van der Waals surface area contributed by atoms with Crippen LogP contribution in [0.3, 0.4) is 0 Å². The first kappa shape index (κ1) is 18.6. The molecule has 140 valence electrons. The normalized spacial score (nSPS) is 28.1. The van der Waals surface area contributed by atoms with Gasteiger partial charge < -0.3 is 20.0 Å². The smallest absolute Gasteiger partial charge is 0.352 e. The maximum absolute atomic E-state index is 12.6. The lowest BCUT2D eigenvalue weighted by Crippen LogP contribution is -2.71. The minimum Gasteiger partial charge on any atom is -0.490 e. The fraction of sp³-hybridized carbons (Fsp3) is 0.467. The SMILES string of the molecule is CON=C(C(=O)NC1C(=O)N2C(C(=O)O)=CC(C)S[C@H]12)C1=CSCCO1. The summed E-state index contributed by atoms with van der Waals surface area (Å²) in [6.07, 6.45) is 1.52. The van der Waals surface area contributed by atoms with Gasteiger partial charge in [-0.15, -0.1) is 23.5 Å². The highest BCUT2D eigenvalue weighted by Crippen LogP contribution is 2.40. The van der Waals surface area contributed by atoms with Gasteiger partial charge in [-0.2, -0.15) is 0 Å². The van der Waals surface area contributed by atoms with Crippen LogP contribution in [-0.4, -0.2) is 69.6 Å². The van der Waals surface area contributed by atoms with Crippen molar-refractivity contribution in [2.45, 2.75) is 23.6 Å². The number of thioether (sulfide) groups is 2. The lowest BCUT2D eigenvalue weighted by atomic mass is 10.0. The molecular weight excluding hydrogens is 382 g/mol. The Hall–Kier alpha value is -2.14. The quantitative estimate of drug-likeness (QED) is 0.386. The van der Waals surface area contributed by atoms with Gasteiger partial charge in [0.1, 0.15) is 24.2 Å². The van der Waals surface area contributed by atoms with E-state index in [0.717, 1.165) is 5.75 Å². The Balaban J connectivity index is 1.75. The van der Waals surface area contributed by atoms with Crippen molar-refractivity contribution in [2.75, 3.05) is 19.5 Å². The number of carbonyl (C=O) groups is 3. The Morgan fingerprint density at radius 3 is 2.88 bits per heavy atom. The van der Waals surface area contributed by atoms with Crippen molar-refractivity contribution < 1.29 is 29.1 Å².